The Morgan fingerprint density at radius 2 is 2.15 bits per heavy atom. The lowest BCUT2D eigenvalue weighted by Crippen LogP contribution is -2.40. The topological polar surface area (TPSA) is 67.3 Å². The number of aromatic nitrogens is 2. The fraction of sp³-hybridized carbons (Fsp3) is 0.316. The molecule has 5 rings (SSSR count). The number of hydrogen-bond donors (Lipinski definition) is 1. The number of para-hydroxylation sites is 1. The molecule has 0 atom stereocenters. The third kappa shape index (κ3) is 2.73. The van der Waals surface area contributed by atoms with Gasteiger partial charge in [-0.25, -0.2) is 4.98 Å². The number of hydrogen-bond acceptors (Lipinski definition) is 6. The normalized spacial score (nSPS) is 16.8. The summed E-state index contributed by atoms with van der Waals surface area (Å²) in [5.41, 5.74) is 3.46. The van der Waals surface area contributed by atoms with E-state index in [1.165, 1.54) is 4.70 Å². The molecule has 2 aromatic heterocycles. The highest BCUT2D eigenvalue weighted by molar-refractivity contribution is 7.18. The average molecular weight is 366 g/mol. The fourth-order valence-corrected chi connectivity index (χ4v) is 4.33. The second-order valence-corrected chi connectivity index (χ2v) is 7.73. The molecule has 0 bridgehead atoms. The summed E-state index contributed by atoms with van der Waals surface area (Å²) in [6.07, 6.45) is 2.53. The van der Waals surface area contributed by atoms with Crippen molar-refractivity contribution in [2.45, 2.75) is 19.0 Å². The third-order valence-corrected chi connectivity index (χ3v) is 5.90. The first-order chi connectivity index (χ1) is 12.8. The Balaban J connectivity index is 1.31. The number of carbonyl (C=O) groups is 1. The van der Waals surface area contributed by atoms with E-state index in [1.807, 2.05) is 29.2 Å². The Hall–Kier alpha value is -2.51. The Bertz CT molecular complexity index is 950. The first-order valence-electron chi connectivity index (χ1n) is 8.74. The van der Waals surface area contributed by atoms with Crippen molar-refractivity contribution < 1.29 is 9.53 Å². The summed E-state index contributed by atoms with van der Waals surface area (Å²) >= 11 is 1.70. The first kappa shape index (κ1) is 15.7. The molecule has 7 heteroatoms. The molecule has 1 N–H and O–H groups in total. The van der Waals surface area contributed by atoms with Crippen LogP contribution in [-0.2, 0) is 17.7 Å². The largest absolute Gasteiger partial charge is 0.377 e. The van der Waals surface area contributed by atoms with Gasteiger partial charge in [-0.05, 0) is 18.2 Å². The van der Waals surface area contributed by atoms with Crippen LogP contribution in [0.1, 0.15) is 21.1 Å². The van der Waals surface area contributed by atoms with E-state index in [0.717, 1.165) is 28.3 Å². The zero-order chi connectivity index (χ0) is 17.5. The maximum Gasteiger partial charge on any atom is 0.258 e. The number of nitrogens with zero attached hydrogens (tertiary/aromatic N) is 3. The molecule has 2 aliphatic heterocycles. The maximum atomic E-state index is 12.9. The fourth-order valence-electron chi connectivity index (χ4n) is 3.37. The summed E-state index contributed by atoms with van der Waals surface area (Å²) in [5.74, 6) is 0.0527. The van der Waals surface area contributed by atoms with Gasteiger partial charge in [0, 0.05) is 19.2 Å². The number of nitrogens with one attached hydrogen (secondary N) is 1. The van der Waals surface area contributed by atoms with Crippen LogP contribution in [0, 0.1) is 0 Å². The highest BCUT2D eigenvalue weighted by Crippen LogP contribution is 2.29. The molecule has 0 aliphatic carbocycles. The average Bonchev–Trinajstić information content (AvgIpc) is 3.17. The summed E-state index contributed by atoms with van der Waals surface area (Å²) in [7, 11) is 0. The molecule has 1 amide bonds. The van der Waals surface area contributed by atoms with Crippen molar-refractivity contribution >= 4 is 33.1 Å². The number of anilines is 1. The van der Waals surface area contributed by atoms with Crippen LogP contribution in [0.3, 0.4) is 0 Å². The quantitative estimate of drug-likeness (QED) is 0.752. The number of amides is 1. The minimum Gasteiger partial charge on any atom is -0.377 e. The number of fused-ring (bicyclic) bond motifs is 2. The van der Waals surface area contributed by atoms with Gasteiger partial charge in [0.2, 0.25) is 0 Å². The highest BCUT2D eigenvalue weighted by Gasteiger charge is 2.32. The van der Waals surface area contributed by atoms with Crippen LogP contribution in [0.25, 0.3) is 10.2 Å². The molecule has 6 nitrogen and oxygen atoms in total. The number of rotatable bonds is 5. The van der Waals surface area contributed by atoms with E-state index in [1.54, 1.807) is 17.5 Å². The monoisotopic (exact) mass is 366 g/mol. The minimum absolute atomic E-state index is 0.0527. The van der Waals surface area contributed by atoms with Crippen molar-refractivity contribution in [1.82, 2.24) is 14.9 Å². The third-order valence-electron chi connectivity index (χ3n) is 4.80. The minimum atomic E-state index is 0.0527. The zero-order valence-electron chi connectivity index (χ0n) is 14.1. The van der Waals surface area contributed by atoms with Crippen LogP contribution in [0.5, 0.6) is 0 Å². The van der Waals surface area contributed by atoms with Crippen molar-refractivity contribution in [1.29, 1.82) is 0 Å². The van der Waals surface area contributed by atoms with E-state index in [4.69, 9.17) is 4.74 Å². The molecule has 0 saturated carbocycles. The van der Waals surface area contributed by atoms with Gasteiger partial charge in [-0.2, -0.15) is 0 Å². The molecule has 1 fully saturated rings. The number of pyridine rings is 1. The van der Waals surface area contributed by atoms with Crippen LogP contribution < -0.4 is 5.32 Å². The number of benzene rings is 1. The predicted molar refractivity (Wildman–Crippen MR) is 101 cm³/mol. The number of carbonyl (C=O) groups excluding carboxylic acids is 1. The molecule has 3 aromatic rings. The van der Waals surface area contributed by atoms with Crippen LogP contribution in [0.15, 0.2) is 36.5 Å². The van der Waals surface area contributed by atoms with Crippen LogP contribution in [-0.4, -0.2) is 46.6 Å². The number of thiazole rings is 1. The standard InChI is InChI=1S/C19H18N4O2S/c24-19-18-14(21-12-10-25-11-12)5-7-20-15(18)9-23(19)8-6-17-22-13-3-1-2-4-16(13)26-17/h1-5,7,12H,6,8-11H2,(H,20,21). The molecule has 4 heterocycles. The zero-order valence-corrected chi connectivity index (χ0v) is 15.0. The summed E-state index contributed by atoms with van der Waals surface area (Å²) < 4.78 is 6.40. The van der Waals surface area contributed by atoms with Crippen molar-refractivity contribution in [2.75, 3.05) is 25.1 Å². The molecular formula is C19H18N4O2S. The molecular weight excluding hydrogens is 348 g/mol. The van der Waals surface area contributed by atoms with E-state index in [9.17, 15) is 4.79 Å². The molecule has 0 unspecified atom stereocenters. The number of ether oxygens (including phenoxy) is 1. The molecule has 132 valence electrons. The van der Waals surface area contributed by atoms with Gasteiger partial charge in [-0.1, -0.05) is 12.1 Å². The van der Waals surface area contributed by atoms with Crippen molar-refractivity contribution in [3.05, 3.63) is 52.8 Å². The van der Waals surface area contributed by atoms with Crippen LogP contribution in [0.4, 0.5) is 5.69 Å². The highest BCUT2D eigenvalue weighted by atomic mass is 32.1. The lowest BCUT2D eigenvalue weighted by atomic mass is 10.1. The Morgan fingerprint density at radius 1 is 1.27 bits per heavy atom. The predicted octanol–water partition coefficient (Wildman–Crippen LogP) is 2.70. The second kappa shape index (κ2) is 6.34. The van der Waals surface area contributed by atoms with Gasteiger partial charge >= 0.3 is 0 Å². The molecule has 26 heavy (non-hydrogen) atoms. The summed E-state index contributed by atoms with van der Waals surface area (Å²) in [5, 5.41) is 4.46. The lowest BCUT2D eigenvalue weighted by Gasteiger charge is -2.28. The van der Waals surface area contributed by atoms with Gasteiger partial charge in [0.1, 0.15) is 0 Å². The van der Waals surface area contributed by atoms with E-state index in [0.29, 0.717) is 31.9 Å². The van der Waals surface area contributed by atoms with Gasteiger partial charge in [0.15, 0.2) is 0 Å². The molecule has 0 radical (unpaired) electrons. The van der Waals surface area contributed by atoms with E-state index in [2.05, 4.69) is 21.4 Å². The van der Waals surface area contributed by atoms with Crippen LogP contribution >= 0.6 is 11.3 Å². The van der Waals surface area contributed by atoms with Crippen molar-refractivity contribution in [3.8, 4) is 0 Å². The SMILES string of the molecule is O=C1c2c(NC3COC3)ccnc2CN1CCc1nc2ccccc2s1. The van der Waals surface area contributed by atoms with Crippen molar-refractivity contribution in [3.63, 3.8) is 0 Å². The van der Waals surface area contributed by atoms with Gasteiger partial charge in [-0.15, -0.1) is 11.3 Å². The summed E-state index contributed by atoms with van der Waals surface area (Å²) in [6, 6.07) is 10.3. The first-order valence-corrected chi connectivity index (χ1v) is 9.55. The maximum absolute atomic E-state index is 12.9. The molecule has 1 saturated heterocycles. The Labute approximate surface area is 154 Å². The van der Waals surface area contributed by atoms with E-state index in [-0.39, 0.29) is 11.9 Å². The van der Waals surface area contributed by atoms with Crippen molar-refractivity contribution in [2.24, 2.45) is 0 Å². The van der Waals surface area contributed by atoms with Crippen LogP contribution in [0.2, 0.25) is 0 Å². The van der Waals surface area contributed by atoms with E-state index >= 15 is 0 Å². The Morgan fingerprint density at radius 3 is 2.96 bits per heavy atom. The van der Waals surface area contributed by atoms with Gasteiger partial charge < -0.3 is 15.0 Å². The molecule has 0 spiro atoms. The summed E-state index contributed by atoms with van der Waals surface area (Å²) in [4.78, 5) is 23.8. The summed E-state index contributed by atoms with van der Waals surface area (Å²) in [6.45, 7) is 2.59. The molecule has 1 aromatic carbocycles. The van der Waals surface area contributed by atoms with Gasteiger partial charge in [-0.3, -0.25) is 9.78 Å². The smallest absolute Gasteiger partial charge is 0.258 e. The Kier molecular flexibility index (Phi) is 3.83. The molecule has 2 aliphatic rings. The van der Waals surface area contributed by atoms with Gasteiger partial charge in [0.05, 0.1) is 58.0 Å². The lowest BCUT2D eigenvalue weighted by molar-refractivity contribution is 0.0210. The second-order valence-electron chi connectivity index (χ2n) is 6.61. The van der Waals surface area contributed by atoms with E-state index < -0.39 is 0 Å². The van der Waals surface area contributed by atoms with Gasteiger partial charge in [0.25, 0.3) is 5.91 Å².